The van der Waals surface area contributed by atoms with E-state index < -0.39 is 0 Å². The van der Waals surface area contributed by atoms with Crippen LogP contribution in [-0.4, -0.2) is 58.1 Å². The van der Waals surface area contributed by atoms with Gasteiger partial charge >= 0.3 is 0 Å². The van der Waals surface area contributed by atoms with Crippen LogP contribution in [0.5, 0.6) is 23.0 Å². The lowest BCUT2D eigenvalue weighted by molar-refractivity contribution is -0.890. The number of rotatable bonds is 42. The van der Waals surface area contributed by atoms with E-state index in [1.54, 1.807) is 0 Å². The van der Waals surface area contributed by atoms with Gasteiger partial charge in [-0.05, 0) is 122 Å². The van der Waals surface area contributed by atoms with Gasteiger partial charge in [-0.25, -0.2) is 0 Å². The van der Waals surface area contributed by atoms with E-state index in [1.165, 1.54) is 194 Å². The number of nitrogens with zero attached hydrogens (tertiary/aromatic N) is 1. The molecule has 0 heterocycles. The van der Waals surface area contributed by atoms with Crippen molar-refractivity contribution in [3.05, 3.63) is 97.1 Å². The molecule has 4 aromatic rings. The second-order valence-electron chi connectivity index (χ2n) is 20.1. The van der Waals surface area contributed by atoms with E-state index in [4.69, 9.17) is 18.9 Å². The van der Waals surface area contributed by atoms with E-state index >= 15 is 0 Å². The van der Waals surface area contributed by atoms with Crippen molar-refractivity contribution in [2.45, 2.75) is 194 Å². The second kappa shape index (κ2) is 36.1. The molecule has 0 aliphatic heterocycles. The Kier molecular flexibility index (Phi) is 30.0. The molecule has 0 aliphatic carbocycles. The highest BCUT2D eigenvalue weighted by Crippen LogP contribution is 2.27. The topological polar surface area (TPSA) is 36.9 Å². The number of hydrogen-bond acceptors (Lipinski definition) is 4. The molecule has 0 atom stereocenters. The van der Waals surface area contributed by atoms with Crippen LogP contribution < -0.4 is 18.9 Å². The first kappa shape index (κ1) is 55.6. The van der Waals surface area contributed by atoms with E-state index in [0.717, 1.165) is 75.1 Å². The number of unbranched alkanes of at least 4 members (excludes halogenated alkanes) is 24. The van der Waals surface area contributed by atoms with E-state index in [9.17, 15) is 0 Å². The van der Waals surface area contributed by atoms with Gasteiger partial charge in [-0.2, -0.15) is 0 Å². The SMILES string of the molecule is CCCCCCCCOc1ccc(-c2ccc(OCCCCCCCCCC[N+](C)(C)CCCCCCCCCCOc3ccc(-c4ccc(OCCCCCCCC)cc4)cc3)cc2)cc1. The van der Waals surface area contributed by atoms with Gasteiger partial charge in [0.05, 0.1) is 53.6 Å². The third-order valence-corrected chi connectivity index (χ3v) is 13.5. The Morgan fingerprint density at radius 1 is 0.254 bits per heavy atom. The summed E-state index contributed by atoms with van der Waals surface area (Å²) < 4.78 is 25.2. The molecule has 4 rings (SSSR count). The van der Waals surface area contributed by atoms with Crippen molar-refractivity contribution in [2.75, 3.05) is 53.6 Å². The summed E-state index contributed by atoms with van der Waals surface area (Å²) in [5, 5.41) is 0. The van der Waals surface area contributed by atoms with Gasteiger partial charge in [-0.1, -0.05) is 191 Å². The van der Waals surface area contributed by atoms with Crippen LogP contribution in [0.25, 0.3) is 22.3 Å². The van der Waals surface area contributed by atoms with Gasteiger partial charge in [0.2, 0.25) is 0 Å². The van der Waals surface area contributed by atoms with Crippen LogP contribution in [0.15, 0.2) is 97.1 Å². The van der Waals surface area contributed by atoms with Gasteiger partial charge in [0, 0.05) is 0 Å². The molecule has 0 bridgehead atoms. The molecular formula is C62H96NO4+. The van der Waals surface area contributed by atoms with Crippen molar-refractivity contribution in [1.29, 1.82) is 0 Å². The molecule has 0 amide bonds. The normalized spacial score (nSPS) is 11.5. The van der Waals surface area contributed by atoms with Gasteiger partial charge in [-0.15, -0.1) is 0 Å². The molecule has 5 nitrogen and oxygen atoms in total. The predicted octanol–water partition coefficient (Wildman–Crippen LogP) is 18.3. The summed E-state index contributed by atoms with van der Waals surface area (Å²) in [6.45, 7) is 10.4. The Morgan fingerprint density at radius 2 is 0.448 bits per heavy atom. The van der Waals surface area contributed by atoms with Crippen molar-refractivity contribution < 1.29 is 23.4 Å². The smallest absolute Gasteiger partial charge is 0.119 e. The van der Waals surface area contributed by atoms with E-state index in [-0.39, 0.29) is 0 Å². The van der Waals surface area contributed by atoms with Crippen LogP contribution >= 0.6 is 0 Å². The maximum absolute atomic E-state index is 6.07. The molecule has 0 saturated heterocycles. The molecule has 0 fully saturated rings. The van der Waals surface area contributed by atoms with Crippen molar-refractivity contribution in [2.24, 2.45) is 0 Å². The maximum Gasteiger partial charge on any atom is 0.119 e. The first-order valence-electron chi connectivity index (χ1n) is 27.7. The number of hydrogen-bond donors (Lipinski definition) is 0. The largest absolute Gasteiger partial charge is 0.494 e. The van der Waals surface area contributed by atoms with Gasteiger partial charge in [0.1, 0.15) is 23.0 Å². The summed E-state index contributed by atoms with van der Waals surface area (Å²) in [7, 11) is 4.87. The lowest BCUT2D eigenvalue weighted by Crippen LogP contribution is -2.41. The maximum atomic E-state index is 6.07. The van der Waals surface area contributed by atoms with Crippen molar-refractivity contribution in [3.8, 4) is 45.3 Å². The lowest BCUT2D eigenvalue weighted by atomic mass is 10.1. The van der Waals surface area contributed by atoms with E-state index in [2.05, 4.69) is 125 Å². The van der Waals surface area contributed by atoms with E-state index in [1.807, 2.05) is 0 Å². The summed E-state index contributed by atoms with van der Waals surface area (Å²) in [6, 6.07) is 34.1. The van der Waals surface area contributed by atoms with Gasteiger partial charge in [0.15, 0.2) is 0 Å². The molecule has 0 radical (unpaired) electrons. The fourth-order valence-corrected chi connectivity index (χ4v) is 9.02. The Balaban J connectivity index is 0.885. The molecule has 0 N–H and O–H groups in total. The molecule has 0 unspecified atom stereocenters. The summed E-state index contributed by atoms with van der Waals surface area (Å²) >= 11 is 0. The zero-order valence-electron chi connectivity index (χ0n) is 43.4. The van der Waals surface area contributed by atoms with Crippen LogP contribution in [0.4, 0.5) is 0 Å². The standard InChI is InChI=1S/C62H96NO4/c1-5-7-9-11-23-29-51-64-59-41-33-55(34-42-59)57-37-45-61(46-38-57)66-53-31-25-19-15-13-17-21-27-49-63(3,4)50-28-22-18-14-16-20-26-32-54-67-62-47-39-58(40-48-62)56-35-43-60(44-36-56)65-52-30-24-12-10-8-6-2/h33-48H,5-32,49-54H2,1-4H3/q+1. The lowest BCUT2D eigenvalue weighted by Gasteiger charge is -2.30. The minimum atomic E-state index is 0.803. The summed E-state index contributed by atoms with van der Waals surface area (Å²) in [5.41, 5.74) is 4.85. The van der Waals surface area contributed by atoms with Gasteiger partial charge < -0.3 is 23.4 Å². The second-order valence-corrected chi connectivity index (χ2v) is 20.1. The number of quaternary nitrogens is 1. The Morgan fingerprint density at radius 3 is 0.672 bits per heavy atom. The molecular weight excluding hydrogens is 823 g/mol. The molecule has 0 saturated carbocycles. The highest BCUT2D eigenvalue weighted by atomic mass is 16.5. The van der Waals surface area contributed by atoms with Crippen LogP contribution in [0.3, 0.4) is 0 Å². The zero-order valence-corrected chi connectivity index (χ0v) is 43.4. The molecule has 5 heteroatoms. The molecule has 0 spiro atoms. The Labute approximate surface area is 411 Å². The Hall–Kier alpha value is -3.96. The van der Waals surface area contributed by atoms with Crippen molar-refractivity contribution in [3.63, 3.8) is 0 Å². The highest BCUT2D eigenvalue weighted by Gasteiger charge is 2.13. The van der Waals surface area contributed by atoms with Gasteiger partial charge in [0.25, 0.3) is 0 Å². The fourth-order valence-electron chi connectivity index (χ4n) is 9.02. The quantitative estimate of drug-likeness (QED) is 0.0328. The van der Waals surface area contributed by atoms with Crippen molar-refractivity contribution in [1.82, 2.24) is 0 Å². The average molecular weight is 919 g/mol. The molecule has 67 heavy (non-hydrogen) atoms. The average Bonchev–Trinajstić information content (AvgIpc) is 3.35. The first-order chi connectivity index (χ1) is 33.0. The number of ether oxygens (including phenoxy) is 4. The molecule has 372 valence electrons. The summed E-state index contributed by atoms with van der Waals surface area (Å²) in [5.74, 6) is 3.86. The third kappa shape index (κ3) is 26.4. The number of benzene rings is 4. The van der Waals surface area contributed by atoms with Crippen LogP contribution in [0.1, 0.15) is 194 Å². The minimum Gasteiger partial charge on any atom is -0.494 e. The van der Waals surface area contributed by atoms with Gasteiger partial charge in [-0.3, -0.25) is 0 Å². The molecule has 0 aromatic heterocycles. The fraction of sp³-hybridized carbons (Fsp3) is 0.613. The molecule has 4 aromatic carbocycles. The zero-order chi connectivity index (χ0) is 47.3. The minimum absolute atomic E-state index is 0.803. The molecule has 0 aliphatic rings. The monoisotopic (exact) mass is 919 g/mol. The predicted molar refractivity (Wildman–Crippen MR) is 288 cm³/mol. The summed E-state index contributed by atoms with van der Waals surface area (Å²) in [4.78, 5) is 0. The Bertz CT molecular complexity index is 1610. The third-order valence-electron chi connectivity index (χ3n) is 13.5. The first-order valence-corrected chi connectivity index (χ1v) is 27.7. The summed E-state index contributed by atoms with van der Waals surface area (Å²) in [6.07, 6.45) is 36.5. The van der Waals surface area contributed by atoms with Crippen LogP contribution in [0, 0.1) is 0 Å². The highest BCUT2D eigenvalue weighted by molar-refractivity contribution is 5.65. The van der Waals surface area contributed by atoms with Crippen molar-refractivity contribution >= 4 is 0 Å². The van der Waals surface area contributed by atoms with Crippen LogP contribution in [0.2, 0.25) is 0 Å². The van der Waals surface area contributed by atoms with Crippen LogP contribution in [-0.2, 0) is 0 Å². The van der Waals surface area contributed by atoms with E-state index in [0.29, 0.717) is 0 Å².